The van der Waals surface area contributed by atoms with Crippen molar-refractivity contribution in [3.05, 3.63) is 71.8 Å². The lowest BCUT2D eigenvalue weighted by Crippen LogP contribution is -2.11. The van der Waals surface area contributed by atoms with Crippen molar-refractivity contribution in [3.8, 4) is 5.75 Å². The van der Waals surface area contributed by atoms with Gasteiger partial charge in [-0.05, 0) is 56.0 Å². The molecule has 0 radical (unpaired) electrons. The number of ether oxygens (including phenoxy) is 1. The molecule has 0 aliphatic carbocycles. The van der Waals surface area contributed by atoms with Gasteiger partial charge in [0.25, 0.3) is 0 Å². The summed E-state index contributed by atoms with van der Waals surface area (Å²) in [6, 6.07) is 16.7. The fourth-order valence-corrected chi connectivity index (χ4v) is 2.27. The second-order valence-electron chi connectivity index (χ2n) is 5.50. The predicted molar refractivity (Wildman–Crippen MR) is 92.8 cm³/mol. The SMILES string of the molecule is CC(CCCC=Cc1ccc(C(=O)O)cc1)Oc1ccccc1. The lowest BCUT2D eigenvalue weighted by atomic mass is 10.1. The zero-order chi connectivity index (χ0) is 16.5. The van der Waals surface area contributed by atoms with Crippen molar-refractivity contribution in [3.63, 3.8) is 0 Å². The molecule has 3 nitrogen and oxygen atoms in total. The van der Waals surface area contributed by atoms with Gasteiger partial charge in [0.1, 0.15) is 5.75 Å². The molecule has 2 rings (SSSR count). The molecule has 0 aliphatic heterocycles. The van der Waals surface area contributed by atoms with Gasteiger partial charge in [0.15, 0.2) is 0 Å². The highest BCUT2D eigenvalue weighted by molar-refractivity contribution is 5.87. The summed E-state index contributed by atoms with van der Waals surface area (Å²) in [5, 5.41) is 8.85. The molecule has 2 aromatic carbocycles. The van der Waals surface area contributed by atoms with Crippen LogP contribution >= 0.6 is 0 Å². The largest absolute Gasteiger partial charge is 0.491 e. The van der Waals surface area contributed by atoms with Gasteiger partial charge < -0.3 is 9.84 Å². The lowest BCUT2D eigenvalue weighted by molar-refractivity contribution is 0.0697. The number of rotatable bonds is 8. The van der Waals surface area contributed by atoms with Crippen LogP contribution in [-0.4, -0.2) is 17.2 Å². The molecular formula is C20H22O3. The third kappa shape index (κ3) is 5.99. The molecule has 0 aromatic heterocycles. The fourth-order valence-electron chi connectivity index (χ4n) is 2.27. The minimum Gasteiger partial charge on any atom is -0.491 e. The van der Waals surface area contributed by atoms with Crippen LogP contribution in [0, 0.1) is 0 Å². The summed E-state index contributed by atoms with van der Waals surface area (Å²) < 4.78 is 5.84. The maximum atomic E-state index is 10.8. The van der Waals surface area contributed by atoms with Crippen molar-refractivity contribution in [1.29, 1.82) is 0 Å². The van der Waals surface area contributed by atoms with Gasteiger partial charge in [-0.2, -0.15) is 0 Å². The van der Waals surface area contributed by atoms with Gasteiger partial charge in [0, 0.05) is 0 Å². The summed E-state index contributed by atoms with van der Waals surface area (Å²) in [4.78, 5) is 10.8. The van der Waals surface area contributed by atoms with Crippen molar-refractivity contribution < 1.29 is 14.6 Å². The van der Waals surface area contributed by atoms with E-state index < -0.39 is 5.97 Å². The Morgan fingerprint density at radius 1 is 1.13 bits per heavy atom. The van der Waals surface area contributed by atoms with Gasteiger partial charge in [0.2, 0.25) is 0 Å². The summed E-state index contributed by atoms with van der Waals surface area (Å²) in [5.41, 5.74) is 1.33. The average molecular weight is 310 g/mol. The molecule has 0 fully saturated rings. The molecule has 0 spiro atoms. The molecule has 0 amide bonds. The second kappa shape index (κ2) is 8.79. The van der Waals surface area contributed by atoms with E-state index in [4.69, 9.17) is 9.84 Å². The summed E-state index contributed by atoms with van der Waals surface area (Å²) in [5.74, 6) is 0.0157. The maximum Gasteiger partial charge on any atom is 0.335 e. The zero-order valence-electron chi connectivity index (χ0n) is 13.3. The summed E-state index contributed by atoms with van der Waals surface area (Å²) in [6.45, 7) is 2.08. The summed E-state index contributed by atoms with van der Waals surface area (Å²) in [7, 11) is 0. The number of hydrogen-bond donors (Lipinski definition) is 1. The Morgan fingerprint density at radius 3 is 2.48 bits per heavy atom. The van der Waals surface area contributed by atoms with Gasteiger partial charge in [-0.3, -0.25) is 0 Å². The first-order valence-electron chi connectivity index (χ1n) is 7.87. The quantitative estimate of drug-likeness (QED) is 0.695. The van der Waals surface area contributed by atoms with E-state index in [1.165, 1.54) is 0 Å². The van der Waals surface area contributed by atoms with Gasteiger partial charge in [-0.25, -0.2) is 4.79 Å². The van der Waals surface area contributed by atoms with E-state index >= 15 is 0 Å². The van der Waals surface area contributed by atoms with Crippen LogP contribution in [0.15, 0.2) is 60.7 Å². The molecule has 0 bridgehead atoms. The molecule has 1 atom stereocenters. The highest BCUT2D eigenvalue weighted by Gasteiger charge is 2.03. The van der Waals surface area contributed by atoms with Crippen LogP contribution in [0.25, 0.3) is 6.08 Å². The Balaban J connectivity index is 1.69. The Bertz CT molecular complexity index is 630. The molecule has 0 saturated heterocycles. The molecule has 120 valence electrons. The first kappa shape index (κ1) is 16.8. The molecule has 0 saturated carbocycles. The summed E-state index contributed by atoms with van der Waals surface area (Å²) in [6.07, 6.45) is 7.36. The number of allylic oxidation sites excluding steroid dienone is 1. The Morgan fingerprint density at radius 2 is 1.83 bits per heavy atom. The number of carboxylic acid groups (broad SMARTS) is 1. The van der Waals surface area contributed by atoms with E-state index in [1.807, 2.05) is 48.5 Å². The molecule has 2 aromatic rings. The van der Waals surface area contributed by atoms with Crippen molar-refractivity contribution in [2.45, 2.75) is 32.3 Å². The zero-order valence-corrected chi connectivity index (χ0v) is 13.3. The normalized spacial score (nSPS) is 12.2. The van der Waals surface area contributed by atoms with Crippen LogP contribution in [-0.2, 0) is 0 Å². The van der Waals surface area contributed by atoms with E-state index in [0.717, 1.165) is 30.6 Å². The summed E-state index contributed by atoms with van der Waals surface area (Å²) >= 11 is 0. The smallest absolute Gasteiger partial charge is 0.335 e. The number of unbranched alkanes of at least 4 members (excludes halogenated alkanes) is 1. The Labute approximate surface area is 137 Å². The maximum absolute atomic E-state index is 10.8. The molecule has 3 heteroatoms. The standard InChI is InChI=1S/C20H22O3/c1-16(23-19-10-6-3-7-11-19)8-4-2-5-9-17-12-14-18(15-13-17)20(21)22/h3,5-7,9-16H,2,4,8H2,1H3,(H,21,22). The number of carbonyl (C=O) groups is 1. The topological polar surface area (TPSA) is 46.5 Å². The minimum atomic E-state index is -0.895. The number of para-hydroxylation sites is 1. The third-order valence-corrected chi connectivity index (χ3v) is 3.53. The first-order valence-corrected chi connectivity index (χ1v) is 7.87. The van der Waals surface area contributed by atoms with E-state index in [9.17, 15) is 4.79 Å². The number of aromatic carboxylic acids is 1. The van der Waals surface area contributed by atoms with Gasteiger partial charge >= 0.3 is 5.97 Å². The number of carboxylic acids is 1. The van der Waals surface area contributed by atoms with Gasteiger partial charge in [0.05, 0.1) is 11.7 Å². The number of hydrogen-bond acceptors (Lipinski definition) is 2. The average Bonchev–Trinajstić information content (AvgIpc) is 2.56. The van der Waals surface area contributed by atoms with Crippen LogP contribution in [0.3, 0.4) is 0 Å². The monoisotopic (exact) mass is 310 g/mol. The minimum absolute atomic E-state index is 0.195. The van der Waals surface area contributed by atoms with Crippen LogP contribution < -0.4 is 4.74 Å². The van der Waals surface area contributed by atoms with Crippen LogP contribution in [0.1, 0.15) is 42.1 Å². The third-order valence-electron chi connectivity index (χ3n) is 3.53. The molecule has 1 N–H and O–H groups in total. The Hall–Kier alpha value is -2.55. The highest BCUT2D eigenvalue weighted by atomic mass is 16.5. The van der Waals surface area contributed by atoms with Gasteiger partial charge in [-0.15, -0.1) is 0 Å². The van der Waals surface area contributed by atoms with Crippen molar-refractivity contribution in [2.75, 3.05) is 0 Å². The predicted octanol–water partition coefficient (Wildman–Crippen LogP) is 5.04. The van der Waals surface area contributed by atoms with Crippen molar-refractivity contribution in [1.82, 2.24) is 0 Å². The second-order valence-corrected chi connectivity index (χ2v) is 5.50. The molecule has 0 heterocycles. The van der Waals surface area contributed by atoms with E-state index in [2.05, 4.69) is 13.0 Å². The molecule has 23 heavy (non-hydrogen) atoms. The molecular weight excluding hydrogens is 288 g/mol. The Kier molecular flexibility index (Phi) is 6.42. The van der Waals surface area contributed by atoms with E-state index in [1.54, 1.807) is 12.1 Å². The van der Waals surface area contributed by atoms with Crippen molar-refractivity contribution in [2.24, 2.45) is 0 Å². The van der Waals surface area contributed by atoms with E-state index in [-0.39, 0.29) is 6.10 Å². The number of benzene rings is 2. The van der Waals surface area contributed by atoms with Crippen LogP contribution in [0.5, 0.6) is 5.75 Å². The van der Waals surface area contributed by atoms with Crippen LogP contribution in [0.2, 0.25) is 0 Å². The fraction of sp³-hybridized carbons (Fsp3) is 0.250. The molecule has 0 aliphatic rings. The lowest BCUT2D eigenvalue weighted by Gasteiger charge is -2.13. The van der Waals surface area contributed by atoms with Crippen molar-refractivity contribution >= 4 is 12.0 Å². The first-order chi connectivity index (χ1) is 11.1. The van der Waals surface area contributed by atoms with E-state index in [0.29, 0.717) is 5.56 Å². The molecule has 1 unspecified atom stereocenters. The van der Waals surface area contributed by atoms with Crippen LogP contribution in [0.4, 0.5) is 0 Å². The highest BCUT2D eigenvalue weighted by Crippen LogP contribution is 2.14. The van der Waals surface area contributed by atoms with Gasteiger partial charge in [-0.1, -0.05) is 42.5 Å².